The van der Waals surface area contributed by atoms with E-state index in [-0.39, 0.29) is 51.6 Å². The van der Waals surface area contributed by atoms with Crippen LogP contribution in [0, 0.1) is 11.8 Å². The number of nitrogens with zero attached hydrogens (tertiary/aromatic N) is 3. The molecular formula is C28H34F3N5O3S. The molecule has 2 aliphatic carbocycles. The molecule has 0 atom stereocenters. The molecule has 40 heavy (non-hydrogen) atoms. The molecule has 2 saturated heterocycles. The van der Waals surface area contributed by atoms with E-state index in [4.69, 9.17) is 0 Å². The number of rotatable bonds is 9. The third kappa shape index (κ3) is 5.57. The molecule has 2 aliphatic heterocycles. The quantitative estimate of drug-likeness (QED) is 0.383. The van der Waals surface area contributed by atoms with E-state index in [1.54, 1.807) is 4.90 Å². The van der Waals surface area contributed by atoms with E-state index >= 15 is 0 Å². The number of aliphatic hydroxyl groups is 1. The van der Waals surface area contributed by atoms with Crippen LogP contribution >= 0.6 is 11.3 Å². The molecule has 4 heterocycles. The van der Waals surface area contributed by atoms with Crippen molar-refractivity contribution in [2.24, 2.45) is 11.8 Å². The van der Waals surface area contributed by atoms with E-state index in [2.05, 4.69) is 20.6 Å². The molecule has 3 N–H and O–H groups in total. The van der Waals surface area contributed by atoms with Crippen LogP contribution in [-0.4, -0.2) is 62.1 Å². The van der Waals surface area contributed by atoms with Gasteiger partial charge < -0.3 is 20.6 Å². The van der Waals surface area contributed by atoms with Gasteiger partial charge >= 0.3 is 6.18 Å². The average molecular weight is 578 g/mol. The molecule has 12 heteroatoms. The number of halogens is 3. The minimum Gasteiger partial charge on any atom is -0.389 e. The lowest BCUT2D eigenvalue weighted by Gasteiger charge is -2.22. The van der Waals surface area contributed by atoms with Crippen LogP contribution in [0.25, 0.3) is 10.4 Å². The van der Waals surface area contributed by atoms with Crippen molar-refractivity contribution in [3.05, 3.63) is 28.5 Å². The van der Waals surface area contributed by atoms with Crippen molar-refractivity contribution in [3.8, 4) is 10.4 Å². The predicted molar refractivity (Wildman–Crippen MR) is 144 cm³/mol. The topological polar surface area (TPSA) is 107 Å². The zero-order valence-electron chi connectivity index (χ0n) is 22.6. The molecule has 4 fully saturated rings. The van der Waals surface area contributed by atoms with Gasteiger partial charge in [-0.3, -0.25) is 9.59 Å². The van der Waals surface area contributed by atoms with Gasteiger partial charge in [-0.2, -0.15) is 13.2 Å². The fraction of sp³-hybridized carbons (Fsp3) is 0.643. The summed E-state index contributed by atoms with van der Waals surface area (Å²) in [5.41, 5.74) is -2.53. The molecule has 0 unspecified atom stereocenters. The first-order chi connectivity index (χ1) is 18.9. The minimum atomic E-state index is -4.72. The highest BCUT2D eigenvalue weighted by molar-refractivity contribution is 7.17. The molecule has 2 saturated carbocycles. The SMILES string of the molecule is CC(C)(O)CNC(=O)c1nc(C(=O)N2[C@H]3CC[C@H]2CC3)c(-c2cnc(NC(C3CC3)C3CC3)cc2C(F)(F)F)s1. The number of thiazole rings is 1. The second-order valence-corrected chi connectivity index (χ2v) is 13.3. The number of carbonyl (C=O) groups is 2. The summed E-state index contributed by atoms with van der Waals surface area (Å²) in [5.74, 6) is -0.00774. The van der Waals surface area contributed by atoms with E-state index in [0.717, 1.165) is 75.0 Å². The fourth-order valence-electron chi connectivity index (χ4n) is 6.14. The van der Waals surface area contributed by atoms with E-state index in [1.165, 1.54) is 13.8 Å². The smallest absolute Gasteiger partial charge is 0.389 e. The Morgan fingerprint density at radius 2 is 1.68 bits per heavy atom. The van der Waals surface area contributed by atoms with Gasteiger partial charge in [0.25, 0.3) is 11.8 Å². The molecule has 0 radical (unpaired) electrons. The normalized spacial score (nSPS) is 22.7. The Hall–Kier alpha value is -2.73. The summed E-state index contributed by atoms with van der Waals surface area (Å²) >= 11 is 0.748. The Morgan fingerprint density at radius 3 is 2.20 bits per heavy atom. The van der Waals surface area contributed by atoms with Gasteiger partial charge in [-0.05, 0) is 83.1 Å². The number of nitrogens with one attached hydrogen (secondary N) is 2. The molecule has 2 amide bonds. The van der Waals surface area contributed by atoms with Crippen molar-refractivity contribution in [2.75, 3.05) is 11.9 Å². The van der Waals surface area contributed by atoms with Crippen LogP contribution in [0.2, 0.25) is 0 Å². The maximum absolute atomic E-state index is 14.5. The van der Waals surface area contributed by atoms with E-state index in [0.29, 0.717) is 11.8 Å². The summed E-state index contributed by atoms with van der Waals surface area (Å²) in [4.78, 5) is 37.1. The van der Waals surface area contributed by atoms with E-state index < -0.39 is 29.2 Å². The van der Waals surface area contributed by atoms with Crippen molar-refractivity contribution >= 4 is 29.0 Å². The molecule has 0 spiro atoms. The third-order valence-corrected chi connectivity index (χ3v) is 9.51. The summed E-state index contributed by atoms with van der Waals surface area (Å²) in [7, 11) is 0. The van der Waals surface area contributed by atoms with Crippen LogP contribution in [0.1, 0.15) is 91.1 Å². The van der Waals surface area contributed by atoms with E-state index in [9.17, 15) is 27.9 Å². The highest BCUT2D eigenvalue weighted by atomic mass is 32.1. The van der Waals surface area contributed by atoms with Crippen molar-refractivity contribution in [2.45, 2.75) is 95.1 Å². The Balaban J connectivity index is 1.38. The molecular weight excluding hydrogens is 543 g/mol. The number of pyridine rings is 1. The van der Waals surface area contributed by atoms with Gasteiger partial charge in [-0.1, -0.05) is 0 Å². The Morgan fingerprint density at radius 1 is 1.07 bits per heavy atom. The van der Waals surface area contributed by atoms with Gasteiger partial charge in [0, 0.05) is 36.4 Å². The molecule has 2 aromatic heterocycles. The van der Waals surface area contributed by atoms with Gasteiger partial charge in [0.1, 0.15) is 11.5 Å². The number of hydrogen-bond donors (Lipinski definition) is 3. The number of fused-ring (bicyclic) bond motifs is 2. The fourth-order valence-corrected chi connectivity index (χ4v) is 7.13. The van der Waals surface area contributed by atoms with Crippen LogP contribution in [0.4, 0.5) is 19.0 Å². The Kier molecular flexibility index (Phi) is 6.84. The van der Waals surface area contributed by atoms with E-state index in [1.807, 2.05) is 0 Å². The Bertz CT molecular complexity index is 1280. The van der Waals surface area contributed by atoms with Crippen LogP contribution in [0.5, 0.6) is 0 Å². The highest BCUT2D eigenvalue weighted by Gasteiger charge is 2.45. The molecule has 2 aromatic rings. The standard InChI is InChI=1S/C28H34F3N5O3S/c1-27(2,39)13-33-24(37)25-35-22(26(38)36-16-7-8-17(36)10-9-16)23(40-25)18-12-32-20(11-19(18)28(29,30)31)34-21(14-3-4-14)15-5-6-15/h11-12,14-17,21,39H,3-10,13H2,1-2H3,(H,32,34)(H,33,37)/t16-,17-. The number of alkyl halides is 3. The van der Waals surface area contributed by atoms with Crippen LogP contribution in [0.3, 0.4) is 0 Å². The van der Waals surface area contributed by atoms with Crippen LogP contribution in [-0.2, 0) is 6.18 Å². The number of carbonyl (C=O) groups excluding carboxylic acids is 2. The number of anilines is 1. The second kappa shape index (κ2) is 9.97. The van der Waals surface area contributed by atoms with Crippen molar-refractivity contribution in [1.29, 1.82) is 0 Å². The molecule has 2 bridgehead atoms. The van der Waals surface area contributed by atoms with Gasteiger partial charge in [-0.15, -0.1) is 11.3 Å². The van der Waals surface area contributed by atoms with Crippen molar-refractivity contribution in [3.63, 3.8) is 0 Å². The summed E-state index contributed by atoms with van der Waals surface area (Å²) < 4.78 is 43.5. The highest BCUT2D eigenvalue weighted by Crippen LogP contribution is 2.47. The first-order valence-electron chi connectivity index (χ1n) is 14.1. The lowest BCUT2D eigenvalue weighted by atomic mass is 10.0. The second-order valence-electron chi connectivity index (χ2n) is 12.3. The zero-order valence-corrected chi connectivity index (χ0v) is 23.4. The Labute approximate surface area is 234 Å². The lowest BCUT2D eigenvalue weighted by molar-refractivity contribution is -0.137. The van der Waals surface area contributed by atoms with Gasteiger partial charge in [0.05, 0.1) is 16.0 Å². The van der Waals surface area contributed by atoms with Crippen molar-refractivity contribution in [1.82, 2.24) is 20.2 Å². The third-order valence-electron chi connectivity index (χ3n) is 8.42. The minimum absolute atomic E-state index is 0.0166. The summed E-state index contributed by atoms with van der Waals surface area (Å²) in [6, 6.07) is 1.21. The monoisotopic (exact) mass is 577 g/mol. The molecule has 4 aliphatic rings. The number of aromatic nitrogens is 2. The summed E-state index contributed by atoms with van der Waals surface area (Å²) in [5, 5.41) is 15.7. The predicted octanol–water partition coefficient (Wildman–Crippen LogP) is 5.09. The van der Waals surface area contributed by atoms with Crippen molar-refractivity contribution < 1.29 is 27.9 Å². The zero-order chi connectivity index (χ0) is 28.4. The maximum atomic E-state index is 14.5. The summed E-state index contributed by atoms with van der Waals surface area (Å²) in [6.45, 7) is 2.96. The first kappa shape index (κ1) is 27.4. The van der Waals surface area contributed by atoms with Gasteiger partial charge in [0.2, 0.25) is 0 Å². The maximum Gasteiger partial charge on any atom is 0.417 e. The van der Waals surface area contributed by atoms with Crippen LogP contribution < -0.4 is 10.6 Å². The molecule has 0 aromatic carbocycles. The number of hydrogen-bond acceptors (Lipinski definition) is 7. The summed E-state index contributed by atoms with van der Waals surface area (Å²) in [6.07, 6.45) is 4.14. The van der Waals surface area contributed by atoms with Gasteiger partial charge in [0.15, 0.2) is 5.01 Å². The average Bonchev–Trinajstić information content (AvgIpc) is 3.81. The largest absolute Gasteiger partial charge is 0.417 e. The molecule has 216 valence electrons. The lowest BCUT2D eigenvalue weighted by Crippen LogP contribution is -2.38. The number of amides is 2. The van der Waals surface area contributed by atoms with Gasteiger partial charge in [-0.25, -0.2) is 9.97 Å². The molecule has 6 rings (SSSR count). The first-order valence-corrected chi connectivity index (χ1v) is 14.9. The molecule has 8 nitrogen and oxygen atoms in total. The van der Waals surface area contributed by atoms with Crippen LogP contribution in [0.15, 0.2) is 12.3 Å².